The van der Waals surface area contributed by atoms with Crippen molar-refractivity contribution in [3.63, 3.8) is 0 Å². The van der Waals surface area contributed by atoms with E-state index in [-0.39, 0.29) is 0 Å². The quantitative estimate of drug-likeness (QED) is 0.639. The van der Waals surface area contributed by atoms with Crippen molar-refractivity contribution < 1.29 is 19.2 Å². The van der Waals surface area contributed by atoms with Gasteiger partial charge in [0.25, 0.3) is 17.7 Å². The van der Waals surface area contributed by atoms with Crippen molar-refractivity contribution in [2.75, 3.05) is 5.32 Å². The summed E-state index contributed by atoms with van der Waals surface area (Å²) < 4.78 is 4.65. The largest absolute Gasteiger partial charge is 0.480 e. The molecule has 0 aliphatic heterocycles. The summed E-state index contributed by atoms with van der Waals surface area (Å²) in [6.07, 6.45) is 0. The predicted molar refractivity (Wildman–Crippen MR) is 61.4 cm³/mol. The number of aromatic hydroxyl groups is 1. The summed E-state index contributed by atoms with van der Waals surface area (Å²) in [4.78, 5) is 21.6. The number of furan rings is 1. The highest BCUT2D eigenvalue weighted by Crippen LogP contribution is 2.32. The van der Waals surface area contributed by atoms with Crippen molar-refractivity contribution in [2.45, 2.75) is 0 Å². The van der Waals surface area contributed by atoms with E-state index < -0.39 is 28.3 Å². The second kappa shape index (κ2) is 4.58. The maximum Gasteiger partial charge on any atom is 0.336 e. The molecule has 7 nitrogen and oxygen atoms in total. The number of amides is 1. The van der Waals surface area contributed by atoms with Gasteiger partial charge in [0.1, 0.15) is 6.07 Å². The van der Waals surface area contributed by atoms with Gasteiger partial charge in [-0.3, -0.25) is 20.2 Å². The minimum absolute atomic E-state index is 0.322. The molecule has 18 heavy (non-hydrogen) atoms. The Labute approximate surface area is 101 Å². The highest BCUT2D eigenvalue weighted by molar-refractivity contribution is 6.04. The fourth-order valence-electron chi connectivity index (χ4n) is 1.36. The molecule has 0 bridgehead atoms. The lowest BCUT2D eigenvalue weighted by atomic mass is 10.2. The van der Waals surface area contributed by atoms with Gasteiger partial charge in [-0.15, -0.1) is 0 Å². The number of nitrogens with one attached hydrogen (secondary N) is 1. The molecule has 7 heteroatoms. The van der Waals surface area contributed by atoms with Crippen LogP contribution in [-0.2, 0) is 0 Å². The van der Waals surface area contributed by atoms with Crippen LogP contribution in [0.15, 0.2) is 40.8 Å². The third-order valence-electron chi connectivity index (χ3n) is 2.16. The molecule has 92 valence electrons. The van der Waals surface area contributed by atoms with Crippen LogP contribution >= 0.6 is 0 Å². The van der Waals surface area contributed by atoms with Crippen LogP contribution in [0.1, 0.15) is 10.4 Å². The molecule has 0 saturated heterocycles. The van der Waals surface area contributed by atoms with E-state index in [2.05, 4.69) is 9.73 Å². The molecule has 2 N–H and O–H groups in total. The summed E-state index contributed by atoms with van der Waals surface area (Å²) in [5, 5.41) is 21.9. The zero-order valence-corrected chi connectivity index (χ0v) is 8.99. The molecule has 0 saturated carbocycles. The molecule has 1 aromatic carbocycles. The van der Waals surface area contributed by atoms with E-state index in [0.717, 1.165) is 6.07 Å². The number of nitrogens with zero attached hydrogens (tertiary/aromatic N) is 1. The zero-order valence-electron chi connectivity index (χ0n) is 8.99. The summed E-state index contributed by atoms with van der Waals surface area (Å²) in [5.41, 5.74) is -0.181. The average Bonchev–Trinajstić information content (AvgIpc) is 2.71. The molecular weight excluding hydrogens is 240 g/mol. The van der Waals surface area contributed by atoms with Crippen molar-refractivity contribution in [1.29, 1.82) is 0 Å². The van der Waals surface area contributed by atoms with Gasteiger partial charge >= 0.3 is 5.69 Å². The number of rotatable bonds is 3. The first kappa shape index (κ1) is 11.6. The second-order valence-electron chi connectivity index (χ2n) is 3.38. The van der Waals surface area contributed by atoms with Crippen LogP contribution in [0.4, 0.5) is 11.6 Å². The van der Waals surface area contributed by atoms with Crippen LogP contribution < -0.4 is 5.32 Å². The topological polar surface area (TPSA) is 106 Å². The summed E-state index contributed by atoms with van der Waals surface area (Å²) in [5.74, 6) is -1.59. The minimum atomic E-state index is -0.760. The number of anilines is 1. The molecule has 0 aliphatic carbocycles. The fourth-order valence-corrected chi connectivity index (χ4v) is 1.36. The smallest absolute Gasteiger partial charge is 0.336 e. The van der Waals surface area contributed by atoms with Gasteiger partial charge in [0.15, 0.2) is 0 Å². The Morgan fingerprint density at radius 3 is 2.61 bits per heavy atom. The monoisotopic (exact) mass is 248 g/mol. The number of benzene rings is 1. The Hall–Kier alpha value is -2.83. The summed E-state index contributed by atoms with van der Waals surface area (Å²) in [7, 11) is 0. The maximum atomic E-state index is 11.7. The normalized spacial score (nSPS) is 10.0. The van der Waals surface area contributed by atoms with Gasteiger partial charge in [0.2, 0.25) is 0 Å². The Kier molecular flexibility index (Phi) is 2.96. The molecule has 0 unspecified atom stereocenters. The number of carbonyl (C=O) groups is 1. The third kappa shape index (κ3) is 2.29. The van der Waals surface area contributed by atoms with Crippen LogP contribution in [0.3, 0.4) is 0 Å². The molecule has 2 aromatic rings. The van der Waals surface area contributed by atoms with Gasteiger partial charge in [-0.2, -0.15) is 0 Å². The first-order valence-corrected chi connectivity index (χ1v) is 4.91. The highest BCUT2D eigenvalue weighted by Gasteiger charge is 2.23. The molecule has 1 heterocycles. The lowest BCUT2D eigenvalue weighted by Crippen LogP contribution is -2.11. The lowest BCUT2D eigenvalue weighted by Gasteiger charge is -2.00. The molecule has 1 amide bonds. The van der Waals surface area contributed by atoms with Crippen LogP contribution in [0.2, 0.25) is 0 Å². The lowest BCUT2D eigenvalue weighted by molar-refractivity contribution is -0.384. The highest BCUT2D eigenvalue weighted by atomic mass is 16.6. The van der Waals surface area contributed by atoms with Crippen LogP contribution in [0, 0.1) is 10.1 Å². The third-order valence-corrected chi connectivity index (χ3v) is 2.16. The molecule has 0 spiro atoms. The summed E-state index contributed by atoms with van der Waals surface area (Å²) >= 11 is 0. The van der Waals surface area contributed by atoms with Gasteiger partial charge in [0, 0.05) is 5.56 Å². The maximum absolute atomic E-state index is 11.7. The fraction of sp³-hybridized carbons (Fsp3) is 0. The molecule has 0 radical (unpaired) electrons. The van der Waals surface area contributed by atoms with E-state index >= 15 is 0 Å². The van der Waals surface area contributed by atoms with E-state index in [1.165, 1.54) is 0 Å². The van der Waals surface area contributed by atoms with E-state index in [9.17, 15) is 14.9 Å². The van der Waals surface area contributed by atoms with Crippen molar-refractivity contribution in [1.82, 2.24) is 0 Å². The Bertz CT molecular complexity index is 591. The van der Waals surface area contributed by atoms with Gasteiger partial charge in [-0.25, -0.2) is 0 Å². The number of carbonyl (C=O) groups excluding carboxylic acids is 1. The van der Waals surface area contributed by atoms with Gasteiger partial charge in [-0.05, 0) is 12.1 Å². The molecule has 0 atom stereocenters. The first-order valence-electron chi connectivity index (χ1n) is 4.91. The Morgan fingerprint density at radius 2 is 2.00 bits per heavy atom. The average molecular weight is 248 g/mol. The molecule has 0 fully saturated rings. The van der Waals surface area contributed by atoms with Crippen molar-refractivity contribution in [3.05, 3.63) is 52.1 Å². The van der Waals surface area contributed by atoms with Crippen molar-refractivity contribution >= 4 is 17.5 Å². The van der Waals surface area contributed by atoms with Gasteiger partial charge < -0.3 is 9.52 Å². The van der Waals surface area contributed by atoms with Crippen molar-refractivity contribution in [2.24, 2.45) is 0 Å². The predicted octanol–water partition coefficient (Wildman–Crippen LogP) is 2.15. The van der Waals surface area contributed by atoms with Gasteiger partial charge in [-0.1, -0.05) is 18.2 Å². The summed E-state index contributed by atoms with van der Waals surface area (Å²) in [6.45, 7) is 0. The van der Waals surface area contributed by atoms with Gasteiger partial charge in [0.05, 0.1) is 4.92 Å². The SMILES string of the molecule is O=C(Nc1oc(O)cc1[N+](=O)[O-])c1ccccc1. The number of nitro groups is 1. The molecule has 1 aromatic heterocycles. The zero-order chi connectivity index (χ0) is 13.1. The van der Waals surface area contributed by atoms with E-state index in [4.69, 9.17) is 5.11 Å². The molecule has 2 rings (SSSR count). The first-order chi connectivity index (χ1) is 8.58. The standard InChI is InChI=1S/C11H8N2O5/c14-9-6-8(13(16)17)11(18-9)12-10(15)7-4-2-1-3-5-7/h1-6,14H,(H,12,15). The Balaban J connectivity index is 2.25. The minimum Gasteiger partial charge on any atom is -0.480 e. The summed E-state index contributed by atoms with van der Waals surface area (Å²) in [6, 6.07) is 8.96. The van der Waals surface area contributed by atoms with Crippen LogP contribution in [0.25, 0.3) is 0 Å². The van der Waals surface area contributed by atoms with Crippen LogP contribution in [0.5, 0.6) is 5.95 Å². The number of hydrogen-bond donors (Lipinski definition) is 2. The molecular formula is C11H8N2O5. The van der Waals surface area contributed by atoms with Crippen molar-refractivity contribution in [3.8, 4) is 5.95 Å². The molecule has 0 aliphatic rings. The second-order valence-corrected chi connectivity index (χ2v) is 3.38. The Morgan fingerprint density at radius 1 is 1.33 bits per heavy atom. The van der Waals surface area contributed by atoms with Crippen LogP contribution in [-0.4, -0.2) is 15.9 Å². The van der Waals surface area contributed by atoms with E-state index in [1.54, 1.807) is 30.3 Å². The van der Waals surface area contributed by atoms with E-state index in [1.807, 2.05) is 0 Å². The van der Waals surface area contributed by atoms with E-state index in [0.29, 0.717) is 5.56 Å². The number of hydrogen-bond acceptors (Lipinski definition) is 5.